The molecule has 0 saturated carbocycles. The van der Waals surface area contributed by atoms with E-state index in [9.17, 15) is 9.36 Å². The van der Waals surface area contributed by atoms with Crippen LogP contribution in [0.25, 0.3) is 0 Å². The average Bonchev–Trinajstić information content (AvgIpc) is 2.38. The van der Waals surface area contributed by atoms with Crippen molar-refractivity contribution in [2.45, 2.75) is 33.7 Å². The van der Waals surface area contributed by atoms with E-state index in [-0.39, 0.29) is 12.5 Å². The van der Waals surface area contributed by atoms with E-state index in [1.165, 1.54) is 0 Å². The van der Waals surface area contributed by atoms with Crippen molar-refractivity contribution >= 4 is 24.1 Å². The topological polar surface area (TPSA) is 64.6 Å². The van der Waals surface area contributed by atoms with E-state index in [0.717, 1.165) is 5.56 Å². The first-order valence-corrected chi connectivity index (χ1v) is 9.28. The Hall–Kier alpha value is -1.03. The molecule has 0 radical (unpaired) electrons. The van der Waals surface area contributed by atoms with Crippen molar-refractivity contribution in [3.05, 3.63) is 29.8 Å². The van der Waals surface area contributed by atoms with Gasteiger partial charge in [-0.15, -0.1) is 0 Å². The number of ether oxygens (including phenoxy) is 1. The van der Waals surface area contributed by atoms with Gasteiger partial charge in [-0.2, -0.15) is 0 Å². The molecule has 5 nitrogen and oxygen atoms in total. The van der Waals surface area contributed by atoms with E-state index in [2.05, 4.69) is 5.09 Å². The molecule has 2 atom stereocenters. The molecule has 1 rings (SSSR count). The van der Waals surface area contributed by atoms with Crippen LogP contribution in [0, 0.1) is 12.8 Å². The molecule has 0 aliphatic carbocycles. The lowest BCUT2D eigenvalue weighted by Gasteiger charge is -2.23. The van der Waals surface area contributed by atoms with E-state index in [0.29, 0.717) is 5.75 Å². The summed E-state index contributed by atoms with van der Waals surface area (Å²) in [6, 6.07) is 6.18. The van der Waals surface area contributed by atoms with Crippen LogP contribution in [0.5, 0.6) is 5.75 Å². The van der Waals surface area contributed by atoms with Crippen molar-refractivity contribution in [1.29, 1.82) is 0 Å². The fourth-order valence-electron chi connectivity index (χ4n) is 1.63. The molecule has 1 aromatic carbocycles. The highest BCUT2D eigenvalue weighted by molar-refractivity contribution is 7.84. The first-order chi connectivity index (χ1) is 9.75. The van der Waals surface area contributed by atoms with Crippen LogP contribution in [-0.4, -0.2) is 18.6 Å². The second-order valence-corrected chi connectivity index (χ2v) is 7.72. The Bertz CT molecular complexity index is 518. The summed E-state index contributed by atoms with van der Waals surface area (Å²) in [7, 11) is 0. The molecular formula is C14H21ClNO4P. The summed E-state index contributed by atoms with van der Waals surface area (Å²) in [4.78, 5) is 11.8. The molecule has 7 heteroatoms. The molecule has 0 amide bonds. The zero-order valence-electron chi connectivity index (χ0n) is 12.6. The Labute approximate surface area is 130 Å². The SMILES string of the molecule is CCOC(=O)[C@@H](NP(=O)(Cl)Oc1ccc(C)cc1)C(C)C. The molecule has 0 aliphatic heterocycles. The number of esters is 1. The number of carbonyl (C=O) groups is 1. The fraction of sp³-hybridized carbons (Fsp3) is 0.500. The van der Waals surface area contributed by atoms with E-state index < -0.39 is 18.9 Å². The summed E-state index contributed by atoms with van der Waals surface area (Å²) in [5.41, 5.74) is 1.05. The lowest BCUT2D eigenvalue weighted by atomic mass is 10.1. The molecule has 21 heavy (non-hydrogen) atoms. The molecule has 0 saturated heterocycles. The number of halogens is 1. The van der Waals surface area contributed by atoms with Crippen LogP contribution in [0.3, 0.4) is 0 Å². The molecule has 0 fully saturated rings. The zero-order valence-corrected chi connectivity index (χ0v) is 14.3. The number of hydrogen-bond acceptors (Lipinski definition) is 4. The molecule has 1 aromatic rings. The highest BCUT2D eigenvalue weighted by Gasteiger charge is 2.33. The van der Waals surface area contributed by atoms with Crippen molar-refractivity contribution in [3.8, 4) is 5.75 Å². The van der Waals surface area contributed by atoms with Crippen LogP contribution in [0.1, 0.15) is 26.3 Å². The van der Waals surface area contributed by atoms with E-state index in [4.69, 9.17) is 20.5 Å². The van der Waals surface area contributed by atoms with E-state index >= 15 is 0 Å². The number of rotatable bonds is 7. The van der Waals surface area contributed by atoms with Gasteiger partial charge in [-0.25, -0.2) is 9.65 Å². The Morgan fingerprint density at radius 1 is 1.33 bits per heavy atom. The van der Waals surface area contributed by atoms with Crippen molar-refractivity contribution < 1.29 is 18.6 Å². The monoisotopic (exact) mass is 333 g/mol. The molecule has 1 unspecified atom stereocenters. The highest BCUT2D eigenvalue weighted by Crippen LogP contribution is 2.49. The number of hydrogen-bond donors (Lipinski definition) is 1. The standard InChI is InChI=1S/C14H21ClNO4P/c1-5-19-14(17)13(10(2)3)16-21(15,18)20-12-8-6-11(4)7-9-12/h6-10,13H,5H2,1-4H3,(H,16,18)/t13-,21?/m0/s1. The predicted molar refractivity (Wildman–Crippen MR) is 83.7 cm³/mol. The van der Waals surface area contributed by atoms with Gasteiger partial charge in [-0.05, 0) is 31.9 Å². The quantitative estimate of drug-likeness (QED) is 0.605. The van der Waals surface area contributed by atoms with Crippen molar-refractivity contribution in [1.82, 2.24) is 5.09 Å². The van der Waals surface area contributed by atoms with Crippen LogP contribution in [-0.2, 0) is 14.1 Å². The van der Waals surface area contributed by atoms with Crippen LogP contribution >= 0.6 is 18.1 Å². The minimum atomic E-state index is -3.70. The van der Waals surface area contributed by atoms with E-state index in [1.54, 1.807) is 32.9 Å². The van der Waals surface area contributed by atoms with E-state index in [1.807, 2.05) is 19.1 Å². The van der Waals surface area contributed by atoms with Gasteiger partial charge in [0.05, 0.1) is 6.61 Å². The maximum Gasteiger partial charge on any atom is 0.409 e. The fourth-order valence-corrected chi connectivity index (χ4v) is 3.37. The smallest absolute Gasteiger partial charge is 0.409 e. The summed E-state index contributed by atoms with van der Waals surface area (Å²) in [6.45, 7) is 3.79. The first kappa shape index (κ1) is 18.0. The number of benzene rings is 1. The molecule has 0 bridgehead atoms. The average molecular weight is 334 g/mol. The zero-order chi connectivity index (χ0) is 16.0. The predicted octanol–water partition coefficient (Wildman–Crippen LogP) is 3.90. The third-order valence-corrected chi connectivity index (χ3v) is 4.28. The number of carbonyl (C=O) groups excluding carboxylic acids is 1. The van der Waals surface area contributed by atoms with Gasteiger partial charge in [0.1, 0.15) is 11.8 Å². The number of aryl methyl sites for hydroxylation is 1. The van der Waals surface area contributed by atoms with Gasteiger partial charge >= 0.3 is 12.8 Å². The summed E-state index contributed by atoms with van der Waals surface area (Å²) in [5, 5.41) is 2.56. The van der Waals surface area contributed by atoms with Crippen molar-refractivity contribution in [2.24, 2.45) is 5.92 Å². The largest absolute Gasteiger partial charge is 0.465 e. The second-order valence-electron chi connectivity index (χ2n) is 4.99. The summed E-state index contributed by atoms with van der Waals surface area (Å²) in [6.07, 6.45) is 0. The molecule has 0 heterocycles. The van der Waals surface area contributed by atoms with Crippen molar-refractivity contribution in [2.75, 3.05) is 6.61 Å². The summed E-state index contributed by atoms with van der Waals surface area (Å²) >= 11 is 5.91. The van der Waals surface area contributed by atoms with Gasteiger partial charge in [0.25, 0.3) is 0 Å². The maximum atomic E-state index is 12.3. The Morgan fingerprint density at radius 2 is 1.90 bits per heavy atom. The minimum Gasteiger partial charge on any atom is -0.465 e. The van der Waals surface area contributed by atoms with Crippen LogP contribution in [0.2, 0.25) is 0 Å². The summed E-state index contributed by atoms with van der Waals surface area (Å²) in [5.74, 6) is -0.267. The van der Waals surface area contributed by atoms with Crippen LogP contribution in [0.4, 0.5) is 0 Å². The van der Waals surface area contributed by atoms with Crippen molar-refractivity contribution in [3.63, 3.8) is 0 Å². The van der Waals surface area contributed by atoms with Gasteiger partial charge in [0.2, 0.25) is 0 Å². The molecule has 0 spiro atoms. The maximum absolute atomic E-state index is 12.3. The van der Waals surface area contributed by atoms with Crippen LogP contribution < -0.4 is 9.61 Å². The first-order valence-electron chi connectivity index (χ1n) is 6.75. The highest BCUT2D eigenvalue weighted by atomic mass is 35.7. The van der Waals surface area contributed by atoms with Gasteiger partial charge < -0.3 is 9.26 Å². The van der Waals surface area contributed by atoms with Crippen LogP contribution in [0.15, 0.2) is 24.3 Å². The summed E-state index contributed by atoms with van der Waals surface area (Å²) < 4.78 is 22.5. The second kappa shape index (κ2) is 7.83. The third kappa shape index (κ3) is 6.08. The molecule has 0 aliphatic rings. The lowest BCUT2D eigenvalue weighted by molar-refractivity contribution is -0.146. The number of nitrogens with one attached hydrogen (secondary N) is 1. The lowest BCUT2D eigenvalue weighted by Crippen LogP contribution is -2.40. The Morgan fingerprint density at radius 3 is 2.38 bits per heavy atom. The molecule has 0 aromatic heterocycles. The third-order valence-electron chi connectivity index (χ3n) is 2.74. The Kier molecular flexibility index (Phi) is 6.72. The normalized spacial score (nSPS) is 15.3. The molecule has 118 valence electrons. The van der Waals surface area contributed by atoms with Gasteiger partial charge in [-0.3, -0.25) is 4.79 Å². The van der Waals surface area contributed by atoms with Gasteiger partial charge in [0.15, 0.2) is 0 Å². The van der Waals surface area contributed by atoms with Gasteiger partial charge in [-0.1, -0.05) is 31.5 Å². The van der Waals surface area contributed by atoms with Gasteiger partial charge in [0, 0.05) is 11.2 Å². The Balaban J connectivity index is 2.78. The molecular weight excluding hydrogens is 313 g/mol. The minimum absolute atomic E-state index is 0.141. The molecule has 1 N–H and O–H groups in total.